The van der Waals surface area contributed by atoms with Gasteiger partial charge in [-0.15, -0.1) is 11.3 Å². The number of anilines is 1. The Kier molecular flexibility index (Phi) is 5.90. The van der Waals surface area contributed by atoms with E-state index in [9.17, 15) is 9.59 Å². The lowest BCUT2D eigenvalue weighted by atomic mass is 10.1. The van der Waals surface area contributed by atoms with Gasteiger partial charge in [0.1, 0.15) is 12.4 Å². The van der Waals surface area contributed by atoms with Crippen molar-refractivity contribution in [3.05, 3.63) is 94.0 Å². The monoisotopic (exact) mass is 432 g/mol. The number of ether oxygens (including phenoxy) is 1. The van der Waals surface area contributed by atoms with Crippen LogP contribution in [0.1, 0.15) is 37.2 Å². The Morgan fingerprint density at radius 1 is 1.13 bits per heavy atom. The van der Waals surface area contributed by atoms with E-state index in [0.29, 0.717) is 35.0 Å². The molecule has 0 bridgehead atoms. The van der Waals surface area contributed by atoms with Crippen LogP contribution >= 0.6 is 11.3 Å². The van der Waals surface area contributed by atoms with Crippen molar-refractivity contribution in [2.24, 2.45) is 7.05 Å². The van der Waals surface area contributed by atoms with Crippen LogP contribution in [-0.4, -0.2) is 26.2 Å². The molecular weight excluding hydrogens is 412 g/mol. The summed E-state index contributed by atoms with van der Waals surface area (Å²) in [5.41, 5.74) is 2.31. The molecule has 2 aromatic heterocycles. The van der Waals surface area contributed by atoms with Crippen molar-refractivity contribution in [1.82, 2.24) is 14.5 Å². The van der Waals surface area contributed by atoms with Gasteiger partial charge in [0, 0.05) is 36.1 Å². The molecule has 0 saturated heterocycles. The summed E-state index contributed by atoms with van der Waals surface area (Å²) in [6, 6.07) is 13.8. The van der Waals surface area contributed by atoms with Gasteiger partial charge >= 0.3 is 0 Å². The lowest BCUT2D eigenvalue weighted by Gasteiger charge is -2.11. The standard InChI is InChI=1S/C23H20N4O3S/c1-15-25-18(14-31-15)13-30-20-6-4-3-5-19(20)23(29)26-17-9-7-16(8-10-17)21(28)22-24-11-12-27(22)2/h3-12,14H,13H2,1-2H3,(H,26,29). The van der Waals surface area contributed by atoms with Crippen molar-refractivity contribution >= 4 is 28.7 Å². The minimum atomic E-state index is -0.298. The zero-order valence-corrected chi connectivity index (χ0v) is 17.8. The quantitative estimate of drug-likeness (QED) is 0.441. The molecule has 0 fully saturated rings. The number of benzene rings is 2. The van der Waals surface area contributed by atoms with Gasteiger partial charge in [-0.05, 0) is 43.3 Å². The largest absolute Gasteiger partial charge is 0.486 e. The number of amides is 1. The predicted octanol–water partition coefficient (Wildman–Crippen LogP) is 4.25. The predicted molar refractivity (Wildman–Crippen MR) is 119 cm³/mol. The first-order valence-electron chi connectivity index (χ1n) is 9.57. The Morgan fingerprint density at radius 2 is 1.90 bits per heavy atom. The Bertz CT molecular complexity index is 1230. The molecule has 2 heterocycles. The second-order valence-electron chi connectivity index (χ2n) is 6.87. The molecule has 0 aliphatic carbocycles. The van der Waals surface area contributed by atoms with E-state index in [-0.39, 0.29) is 11.7 Å². The van der Waals surface area contributed by atoms with Crippen molar-refractivity contribution in [3.8, 4) is 5.75 Å². The number of ketones is 1. The highest BCUT2D eigenvalue weighted by Crippen LogP contribution is 2.22. The first-order valence-corrected chi connectivity index (χ1v) is 10.5. The topological polar surface area (TPSA) is 86.1 Å². The Hall–Kier alpha value is -3.78. The fourth-order valence-electron chi connectivity index (χ4n) is 3.02. The van der Waals surface area contributed by atoms with Gasteiger partial charge in [0.15, 0.2) is 5.82 Å². The minimum Gasteiger partial charge on any atom is -0.486 e. The maximum atomic E-state index is 12.8. The molecule has 0 radical (unpaired) electrons. The van der Waals surface area contributed by atoms with Gasteiger partial charge in [-0.2, -0.15) is 0 Å². The summed E-state index contributed by atoms with van der Waals surface area (Å²) in [6.45, 7) is 2.23. The normalized spacial score (nSPS) is 10.6. The van der Waals surface area contributed by atoms with Crippen LogP contribution in [0.4, 0.5) is 5.69 Å². The number of para-hydroxylation sites is 1. The van der Waals surface area contributed by atoms with Crippen molar-refractivity contribution < 1.29 is 14.3 Å². The fourth-order valence-corrected chi connectivity index (χ4v) is 3.62. The fraction of sp³-hybridized carbons (Fsp3) is 0.130. The smallest absolute Gasteiger partial charge is 0.259 e. The average molecular weight is 433 g/mol. The highest BCUT2D eigenvalue weighted by molar-refractivity contribution is 7.09. The summed E-state index contributed by atoms with van der Waals surface area (Å²) in [4.78, 5) is 33.8. The number of rotatable bonds is 7. The highest BCUT2D eigenvalue weighted by atomic mass is 32.1. The van der Waals surface area contributed by atoms with Crippen LogP contribution in [0, 0.1) is 6.92 Å². The van der Waals surface area contributed by atoms with Gasteiger partial charge in [-0.25, -0.2) is 9.97 Å². The third-order valence-electron chi connectivity index (χ3n) is 4.60. The van der Waals surface area contributed by atoms with E-state index in [1.807, 2.05) is 18.4 Å². The van der Waals surface area contributed by atoms with Crippen LogP contribution in [-0.2, 0) is 13.7 Å². The van der Waals surface area contributed by atoms with Gasteiger partial charge < -0.3 is 14.6 Å². The van der Waals surface area contributed by atoms with Gasteiger partial charge in [0.05, 0.1) is 16.3 Å². The van der Waals surface area contributed by atoms with Gasteiger partial charge in [-0.1, -0.05) is 12.1 Å². The summed E-state index contributed by atoms with van der Waals surface area (Å²) in [6.07, 6.45) is 3.30. The van der Waals surface area contributed by atoms with Crippen molar-refractivity contribution in [3.63, 3.8) is 0 Å². The highest BCUT2D eigenvalue weighted by Gasteiger charge is 2.15. The minimum absolute atomic E-state index is 0.179. The second-order valence-corrected chi connectivity index (χ2v) is 7.93. The number of imidazole rings is 1. The number of carbonyl (C=O) groups is 2. The molecule has 156 valence electrons. The van der Waals surface area contributed by atoms with E-state index >= 15 is 0 Å². The molecule has 1 N–H and O–H groups in total. The van der Waals surface area contributed by atoms with Crippen molar-refractivity contribution in [2.45, 2.75) is 13.5 Å². The van der Waals surface area contributed by atoms with Crippen LogP contribution < -0.4 is 10.1 Å². The Labute approximate surface area is 183 Å². The van der Waals surface area contributed by atoms with Crippen LogP contribution in [0.15, 0.2) is 66.3 Å². The van der Waals surface area contributed by atoms with E-state index in [2.05, 4.69) is 15.3 Å². The molecule has 0 atom stereocenters. The first-order chi connectivity index (χ1) is 15.0. The van der Waals surface area contributed by atoms with Crippen LogP contribution in [0.2, 0.25) is 0 Å². The summed E-state index contributed by atoms with van der Waals surface area (Å²) in [7, 11) is 1.77. The maximum absolute atomic E-state index is 12.8. The Balaban J connectivity index is 1.45. The van der Waals surface area contributed by atoms with Gasteiger partial charge in [0.25, 0.3) is 5.91 Å². The summed E-state index contributed by atoms with van der Waals surface area (Å²) in [5.74, 6) is 0.361. The van der Waals surface area contributed by atoms with Crippen LogP contribution in [0.25, 0.3) is 0 Å². The lowest BCUT2D eigenvalue weighted by molar-refractivity contribution is 0.101. The lowest BCUT2D eigenvalue weighted by Crippen LogP contribution is -2.14. The number of hydrogen-bond donors (Lipinski definition) is 1. The van der Waals surface area contributed by atoms with Crippen molar-refractivity contribution in [2.75, 3.05) is 5.32 Å². The summed E-state index contributed by atoms with van der Waals surface area (Å²) < 4.78 is 7.50. The SMILES string of the molecule is Cc1nc(COc2ccccc2C(=O)Nc2ccc(C(=O)c3nccn3C)cc2)cs1. The molecule has 4 rings (SSSR count). The third kappa shape index (κ3) is 4.70. The van der Waals surface area contributed by atoms with Gasteiger partial charge in [0.2, 0.25) is 5.78 Å². The summed E-state index contributed by atoms with van der Waals surface area (Å²) >= 11 is 1.56. The molecule has 8 heteroatoms. The third-order valence-corrected chi connectivity index (χ3v) is 5.43. The van der Waals surface area contributed by atoms with Gasteiger partial charge in [-0.3, -0.25) is 9.59 Å². The van der Waals surface area contributed by atoms with E-state index in [1.54, 1.807) is 77.8 Å². The molecule has 0 aliphatic rings. The zero-order valence-electron chi connectivity index (χ0n) is 17.0. The van der Waals surface area contributed by atoms with E-state index < -0.39 is 0 Å². The summed E-state index contributed by atoms with van der Waals surface area (Å²) in [5, 5.41) is 5.75. The number of aryl methyl sites for hydroxylation is 2. The molecule has 0 saturated carbocycles. The first kappa shape index (κ1) is 20.5. The van der Waals surface area contributed by atoms with E-state index in [1.165, 1.54) is 0 Å². The molecule has 0 spiro atoms. The molecule has 2 aromatic carbocycles. The number of nitrogens with zero attached hydrogens (tertiary/aromatic N) is 3. The molecular formula is C23H20N4O3S. The number of carbonyl (C=O) groups excluding carboxylic acids is 2. The molecule has 4 aromatic rings. The van der Waals surface area contributed by atoms with E-state index in [0.717, 1.165) is 10.7 Å². The van der Waals surface area contributed by atoms with Crippen LogP contribution in [0.3, 0.4) is 0 Å². The molecule has 0 aliphatic heterocycles. The molecule has 7 nitrogen and oxygen atoms in total. The number of nitrogens with one attached hydrogen (secondary N) is 1. The van der Waals surface area contributed by atoms with E-state index in [4.69, 9.17) is 4.74 Å². The number of aromatic nitrogens is 3. The van der Waals surface area contributed by atoms with Crippen LogP contribution in [0.5, 0.6) is 5.75 Å². The molecule has 0 unspecified atom stereocenters. The Morgan fingerprint density at radius 3 is 2.58 bits per heavy atom. The average Bonchev–Trinajstić information content (AvgIpc) is 3.40. The molecule has 1 amide bonds. The molecule has 31 heavy (non-hydrogen) atoms. The second kappa shape index (κ2) is 8.93. The number of thiazole rings is 1. The maximum Gasteiger partial charge on any atom is 0.259 e. The van der Waals surface area contributed by atoms with Crippen molar-refractivity contribution in [1.29, 1.82) is 0 Å². The zero-order chi connectivity index (χ0) is 21.8. The number of hydrogen-bond acceptors (Lipinski definition) is 6.